The van der Waals surface area contributed by atoms with Gasteiger partial charge in [-0.2, -0.15) is 0 Å². The fraction of sp³-hybridized carbons (Fsp3) is 0.455. The van der Waals surface area contributed by atoms with Crippen LogP contribution in [0.5, 0.6) is 0 Å². The van der Waals surface area contributed by atoms with Gasteiger partial charge in [0.1, 0.15) is 5.82 Å². The average Bonchev–Trinajstić information content (AvgIpc) is 2.86. The number of hydrogen-bond donors (Lipinski definition) is 1. The highest BCUT2D eigenvalue weighted by Crippen LogP contribution is 2.25. The highest BCUT2D eigenvalue weighted by molar-refractivity contribution is 7.12. The molecule has 0 spiro atoms. The summed E-state index contributed by atoms with van der Waals surface area (Å²) in [4.78, 5) is 30.9. The van der Waals surface area contributed by atoms with Gasteiger partial charge in [-0.15, -0.1) is 11.3 Å². The van der Waals surface area contributed by atoms with Crippen molar-refractivity contribution in [3.8, 4) is 0 Å². The topological polar surface area (TPSA) is 52.7 Å². The summed E-state index contributed by atoms with van der Waals surface area (Å²) in [5.41, 5.74) is 1.67. The molecule has 29 heavy (non-hydrogen) atoms. The van der Waals surface area contributed by atoms with Crippen LogP contribution in [0, 0.1) is 19.7 Å². The van der Waals surface area contributed by atoms with E-state index >= 15 is 0 Å². The second kappa shape index (κ2) is 9.50. The summed E-state index contributed by atoms with van der Waals surface area (Å²) < 4.78 is 14.6. The van der Waals surface area contributed by atoms with E-state index in [4.69, 9.17) is 0 Å². The van der Waals surface area contributed by atoms with Gasteiger partial charge in [0.05, 0.1) is 5.69 Å². The number of likely N-dealkylation sites (N-methyl/N-ethyl adjacent to an activating group) is 1. The van der Waals surface area contributed by atoms with Crippen molar-refractivity contribution in [3.05, 3.63) is 45.4 Å². The molecule has 7 heteroatoms. The minimum Gasteiger partial charge on any atom is -0.368 e. The van der Waals surface area contributed by atoms with E-state index in [1.165, 1.54) is 6.07 Å². The molecule has 1 amide bonds. The van der Waals surface area contributed by atoms with Crippen molar-refractivity contribution < 1.29 is 14.0 Å². The minimum absolute atomic E-state index is 0.0327. The Morgan fingerprint density at radius 3 is 2.59 bits per heavy atom. The van der Waals surface area contributed by atoms with Crippen LogP contribution in [0.15, 0.2) is 24.3 Å². The molecule has 0 saturated carbocycles. The summed E-state index contributed by atoms with van der Waals surface area (Å²) in [5.74, 6) is -0.658. The smallest absolute Gasteiger partial charge is 0.224 e. The van der Waals surface area contributed by atoms with Crippen molar-refractivity contribution in [3.63, 3.8) is 0 Å². The molecule has 1 aromatic carbocycles. The Bertz CT molecular complexity index is 896. The van der Waals surface area contributed by atoms with Crippen molar-refractivity contribution in [2.45, 2.75) is 33.1 Å². The first-order valence-corrected chi connectivity index (χ1v) is 10.8. The normalized spacial score (nSPS) is 15.2. The van der Waals surface area contributed by atoms with Crippen LogP contribution in [-0.4, -0.2) is 49.8 Å². The largest absolute Gasteiger partial charge is 0.368 e. The molecule has 156 valence electrons. The van der Waals surface area contributed by atoms with Crippen LogP contribution in [0.1, 0.15) is 39.4 Å². The summed E-state index contributed by atoms with van der Waals surface area (Å²) in [7, 11) is 2.07. The first-order valence-electron chi connectivity index (χ1n) is 9.96. The molecule has 5 nitrogen and oxygen atoms in total. The number of carbonyl (C=O) groups excluding carboxylic acids is 2. The maximum atomic E-state index is 14.6. The number of nitrogens with zero attached hydrogens (tertiary/aromatic N) is 2. The number of benzene rings is 1. The lowest BCUT2D eigenvalue weighted by Gasteiger charge is -2.23. The van der Waals surface area contributed by atoms with E-state index in [2.05, 4.69) is 17.3 Å². The van der Waals surface area contributed by atoms with Crippen LogP contribution in [0.3, 0.4) is 0 Å². The molecular weight excluding hydrogens is 389 g/mol. The van der Waals surface area contributed by atoms with Crippen molar-refractivity contribution in [1.29, 1.82) is 0 Å². The molecule has 1 saturated heterocycles. The van der Waals surface area contributed by atoms with E-state index in [1.807, 2.05) is 24.8 Å². The molecular formula is C22H28FN3O2S. The summed E-state index contributed by atoms with van der Waals surface area (Å²) in [5, 5.41) is 2.70. The van der Waals surface area contributed by atoms with E-state index in [0.717, 1.165) is 42.4 Å². The molecule has 1 aliphatic rings. The lowest BCUT2D eigenvalue weighted by atomic mass is 10.1. The highest BCUT2D eigenvalue weighted by atomic mass is 32.1. The molecule has 0 aliphatic carbocycles. The van der Waals surface area contributed by atoms with E-state index in [9.17, 15) is 14.0 Å². The van der Waals surface area contributed by atoms with E-state index in [0.29, 0.717) is 16.9 Å². The van der Waals surface area contributed by atoms with E-state index in [1.54, 1.807) is 23.5 Å². The summed E-state index contributed by atoms with van der Waals surface area (Å²) in [6, 6.07) is 6.67. The first-order chi connectivity index (χ1) is 13.8. The zero-order valence-corrected chi connectivity index (χ0v) is 18.1. The minimum atomic E-state index is -0.340. The molecule has 2 heterocycles. The Balaban J connectivity index is 1.56. The standard InChI is InChI=1S/C22H28FN3O2S/c1-15-13-18(16(2)29-15)21(27)7-8-22(28)24-17-5-6-20(19(23)14-17)26-10-4-9-25(3)11-12-26/h5-6,13-14H,4,7-12H2,1-3H3,(H,24,28). The zero-order valence-electron chi connectivity index (χ0n) is 17.3. The van der Waals surface area contributed by atoms with Crippen LogP contribution in [0.2, 0.25) is 0 Å². The number of carbonyl (C=O) groups is 2. The molecule has 3 rings (SSSR count). The van der Waals surface area contributed by atoms with Crippen molar-refractivity contribution in [2.75, 3.05) is 43.4 Å². The highest BCUT2D eigenvalue weighted by Gasteiger charge is 2.17. The Hall–Kier alpha value is -2.25. The number of aryl methyl sites for hydroxylation is 2. The van der Waals surface area contributed by atoms with Crippen molar-refractivity contribution >= 4 is 34.4 Å². The fourth-order valence-corrected chi connectivity index (χ4v) is 4.56. The summed E-state index contributed by atoms with van der Waals surface area (Å²) in [6.07, 6.45) is 1.21. The number of Topliss-reactive ketones (excluding diaryl/α,β-unsaturated/α-hetero) is 1. The third-order valence-electron chi connectivity index (χ3n) is 5.21. The average molecular weight is 418 g/mol. The number of ketones is 1. The molecule has 1 aliphatic heterocycles. The number of hydrogen-bond acceptors (Lipinski definition) is 5. The van der Waals surface area contributed by atoms with Crippen molar-refractivity contribution in [2.24, 2.45) is 0 Å². The number of nitrogens with one attached hydrogen (secondary N) is 1. The number of amides is 1. The van der Waals surface area contributed by atoms with Crippen molar-refractivity contribution in [1.82, 2.24) is 4.90 Å². The molecule has 2 aromatic rings. The first kappa shape index (κ1) is 21.5. The molecule has 0 bridgehead atoms. The van der Waals surface area contributed by atoms with Crippen LogP contribution in [0.4, 0.5) is 15.8 Å². The molecule has 0 atom stereocenters. The van der Waals surface area contributed by atoms with Gasteiger partial charge >= 0.3 is 0 Å². The summed E-state index contributed by atoms with van der Waals surface area (Å²) >= 11 is 1.58. The third-order valence-corrected chi connectivity index (χ3v) is 6.18. The SMILES string of the molecule is Cc1cc(C(=O)CCC(=O)Nc2ccc(N3CCCN(C)CC3)c(F)c2)c(C)s1. The van der Waals surface area contributed by atoms with Gasteiger partial charge in [-0.1, -0.05) is 0 Å². The third kappa shape index (κ3) is 5.64. The molecule has 1 fully saturated rings. The van der Waals surface area contributed by atoms with Crippen LogP contribution in [0.25, 0.3) is 0 Å². The second-order valence-corrected chi connectivity index (χ2v) is 9.07. The number of anilines is 2. The predicted molar refractivity (Wildman–Crippen MR) is 117 cm³/mol. The molecule has 1 N–H and O–H groups in total. The monoisotopic (exact) mass is 417 g/mol. The Kier molecular flexibility index (Phi) is 7.03. The quantitative estimate of drug-likeness (QED) is 0.714. The van der Waals surface area contributed by atoms with E-state index < -0.39 is 0 Å². The van der Waals surface area contributed by atoms with Crippen LogP contribution >= 0.6 is 11.3 Å². The Morgan fingerprint density at radius 1 is 1.10 bits per heavy atom. The van der Waals surface area contributed by atoms with Gasteiger partial charge in [0, 0.05) is 53.5 Å². The number of rotatable bonds is 6. The maximum absolute atomic E-state index is 14.6. The Labute approximate surface area is 175 Å². The zero-order chi connectivity index (χ0) is 21.0. The van der Waals surface area contributed by atoms with Gasteiger partial charge < -0.3 is 15.1 Å². The van der Waals surface area contributed by atoms with Crippen LogP contribution in [-0.2, 0) is 4.79 Å². The lowest BCUT2D eigenvalue weighted by Crippen LogP contribution is -2.29. The predicted octanol–water partition coefficient (Wildman–Crippen LogP) is 4.25. The molecule has 0 radical (unpaired) electrons. The van der Waals surface area contributed by atoms with Gasteiger partial charge in [-0.05, 0) is 58.1 Å². The fourth-order valence-electron chi connectivity index (χ4n) is 3.62. The Morgan fingerprint density at radius 2 is 1.90 bits per heavy atom. The summed E-state index contributed by atoms with van der Waals surface area (Å²) in [6.45, 7) is 7.38. The number of thiophene rings is 1. The second-order valence-electron chi connectivity index (χ2n) is 7.61. The lowest BCUT2D eigenvalue weighted by molar-refractivity contribution is -0.116. The maximum Gasteiger partial charge on any atom is 0.224 e. The molecule has 0 unspecified atom stereocenters. The van der Waals surface area contributed by atoms with Gasteiger partial charge in [0.2, 0.25) is 5.91 Å². The van der Waals surface area contributed by atoms with E-state index in [-0.39, 0.29) is 30.3 Å². The number of halogens is 1. The van der Waals surface area contributed by atoms with Crippen LogP contribution < -0.4 is 10.2 Å². The van der Waals surface area contributed by atoms with Gasteiger partial charge in [-0.3, -0.25) is 9.59 Å². The van der Waals surface area contributed by atoms with Gasteiger partial charge in [-0.25, -0.2) is 4.39 Å². The molecule has 1 aromatic heterocycles. The van der Waals surface area contributed by atoms with Gasteiger partial charge in [0.15, 0.2) is 5.78 Å². The van der Waals surface area contributed by atoms with Gasteiger partial charge in [0.25, 0.3) is 0 Å².